The zero-order chi connectivity index (χ0) is 34.9. The van der Waals surface area contributed by atoms with Gasteiger partial charge in [-0.2, -0.15) is 0 Å². The molecule has 51 heavy (non-hydrogen) atoms. The normalized spacial score (nSPS) is 22.9. The molecular formula is C43H40O7S. The van der Waals surface area contributed by atoms with Crippen molar-refractivity contribution in [2.75, 3.05) is 13.7 Å². The lowest BCUT2D eigenvalue weighted by molar-refractivity contribution is -0.367. The van der Waals surface area contributed by atoms with E-state index in [0.717, 1.165) is 22.3 Å². The molecule has 1 saturated heterocycles. The molecule has 5 atom stereocenters. The molecule has 0 N–H and O–H groups in total. The Morgan fingerprint density at radius 2 is 1.14 bits per heavy atom. The van der Waals surface area contributed by atoms with Crippen LogP contribution in [0.5, 0.6) is 0 Å². The first-order valence-corrected chi connectivity index (χ1v) is 17.9. The summed E-state index contributed by atoms with van der Waals surface area (Å²) in [5.41, 5.74) is 4.29. The van der Waals surface area contributed by atoms with E-state index in [1.165, 1.54) is 11.8 Å². The van der Waals surface area contributed by atoms with Crippen LogP contribution in [-0.4, -0.2) is 49.0 Å². The monoisotopic (exact) mass is 700 g/mol. The lowest BCUT2D eigenvalue weighted by atomic mass is 9.97. The van der Waals surface area contributed by atoms with Crippen molar-refractivity contribution in [2.45, 2.75) is 49.4 Å². The summed E-state index contributed by atoms with van der Waals surface area (Å²) in [5.74, 6) is -1.18. The van der Waals surface area contributed by atoms with Gasteiger partial charge in [0.2, 0.25) is 5.78 Å². The van der Waals surface area contributed by atoms with E-state index in [0.29, 0.717) is 36.0 Å². The van der Waals surface area contributed by atoms with Gasteiger partial charge in [-0.25, -0.2) is 0 Å². The highest BCUT2D eigenvalue weighted by atomic mass is 32.2. The van der Waals surface area contributed by atoms with Crippen molar-refractivity contribution < 1.29 is 33.2 Å². The topological polar surface area (TPSA) is 72.5 Å². The summed E-state index contributed by atoms with van der Waals surface area (Å²) in [7, 11) is 1.59. The number of rotatable bonds is 14. The fourth-order valence-electron chi connectivity index (χ4n) is 6.31. The van der Waals surface area contributed by atoms with Crippen LogP contribution in [0, 0.1) is 0 Å². The molecule has 2 aliphatic heterocycles. The third-order valence-corrected chi connectivity index (χ3v) is 10.3. The Balaban J connectivity index is 1.32. The van der Waals surface area contributed by atoms with E-state index in [1.54, 1.807) is 7.11 Å². The van der Waals surface area contributed by atoms with Gasteiger partial charge >= 0.3 is 0 Å². The second-order valence-corrected chi connectivity index (χ2v) is 13.5. The van der Waals surface area contributed by atoms with Crippen molar-refractivity contribution in [2.24, 2.45) is 0 Å². The minimum Gasteiger partial charge on any atom is -0.456 e. The molecule has 7 nitrogen and oxygen atoms in total. The predicted molar refractivity (Wildman–Crippen MR) is 197 cm³/mol. The lowest BCUT2D eigenvalue weighted by Gasteiger charge is -2.53. The number of benzene rings is 5. The van der Waals surface area contributed by atoms with Gasteiger partial charge in [0, 0.05) is 18.2 Å². The molecule has 2 aliphatic rings. The Labute approximate surface area is 303 Å². The van der Waals surface area contributed by atoms with Gasteiger partial charge in [-0.1, -0.05) is 152 Å². The molecule has 2 heterocycles. The molecule has 5 aromatic rings. The van der Waals surface area contributed by atoms with Gasteiger partial charge < -0.3 is 28.4 Å². The molecule has 0 aliphatic carbocycles. The minimum absolute atomic E-state index is 0.0269. The van der Waals surface area contributed by atoms with E-state index in [9.17, 15) is 4.79 Å². The second-order valence-electron chi connectivity index (χ2n) is 12.4. The first-order chi connectivity index (χ1) is 25.1. The molecule has 0 unspecified atom stereocenters. The van der Waals surface area contributed by atoms with Crippen molar-refractivity contribution >= 4 is 23.3 Å². The van der Waals surface area contributed by atoms with Crippen molar-refractivity contribution in [3.8, 4) is 0 Å². The summed E-state index contributed by atoms with van der Waals surface area (Å²) in [6.45, 7) is 0.951. The molecule has 1 fully saturated rings. The van der Waals surface area contributed by atoms with Crippen LogP contribution >= 0.6 is 11.8 Å². The maximum Gasteiger partial charge on any atom is 0.251 e. The van der Waals surface area contributed by atoms with Gasteiger partial charge in [0.1, 0.15) is 29.8 Å². The highest BCUT2D eigenvalue weighted by Gasteiger charge is 2.61. The van der Waals surface area contributed by atoms with E-state index in [-0.39, 0.29) is 12.4 Å². The second kappa shape index (κ2) is 16.7. The molecule has 260 valence electrons. The van der Waals surface area contributed by atoms with Crippen LogP contribution in [0.2, 0.25) is 0 Å². The first kappa shape index (κ1) is 34.9. The smallest absolute Gasteiger partial charge is 0.251 e. The number of hydrogen-bond donors (Lipinski definition) is 0. The number of carbonyl (C=O) groups is 1. The van der Waals surface area contributed by atoms with E-state index < -0.39 is 29.5 Å². The number of hydrogen-bond acceptors (Lipinski definition) is 8. The Morgan fingerprint density at radius 1 is 0.647 bits per heavy atom. The molecule has 7 rings (SSSR count). The predicted octanol–water partition coefficient (Wildman–Crippen LogP) is 8.46. The van der Waals surface area contributed by atoms with Crippen LogP contribution in [-0.2, 0) is 48.2 Å². The lowest BCUT2D eigenvalue weighted by Crippen LogP contribution is -2.68. The SMILES string of the molecule is CO[C@@H]1O[C@@]2(COCc3ccccc3)OC(c3ccccc3)=C(C(=O)c3ccccc3)S[C@H]2[C@H](OCc2ccccc2)[C@H]1OCc1ccccc1. The zero-order valence-electron chi connectivity index (χ0n) is 28.3. The standard InChI is InChI=1S/C43H40O7S/c1-45-42-39(48-29-33-21-11-4-12-22-33)38(47-28-32-19-9-3-10-20-32)41-43(50-42,30-46-27-31-17-7-2-8-18-31)49-37(35-25-15-6-16-26-35)40(51-41)36(44)34-23-13-5-14-24-34/h2-26,38-39,41-42H,27-30H2,1H3/t38-,39-,41+,42-,43-/m1/s1. The first-order valence-electron chi connectivity index (χ1n) is 17.0. The van der Waals surface area contributed by atoms with Gasteiger partial charge in [0.15, 0.2) is 6.29 Å². The summed E-state index contributed by atoms with van der Waals surface area (Å²) >= 11 is 1.39. The molecule has 5 aromatic carbocycles. The summed E-state index contributed by atoms with van der Waals surface area (Å²) in [4.78, 5) is 14.9. The van der Waals surface area contributed by atoms with Crippen LogP contribution in [0.15, 0.2) is 157 Å². The van der Waals surface area contributed by atoms with Crippen LogP contribution in [0.1, 0.15) is 32.6 Å². The summed E-state index contributed by atoms with van der Waals surface area (Å²) in [6.07, 6.45) is -2.24. The number of ketones is 1. The van der Waals surface area contributed by atoms with Crippen LogP contribution < -0.4 is 0 Å². The fraction of sp³-hybridized carbons (Fsp3) is 0.233. The van der Waals surface area contributed by atoms with Crippen LogP contribution in [0.3, 0.4) is 0 Å². The number of ether oxygens (including phenoxy) is 6. The van der Waals surface area contributed by atoms with Gasteiger partial charge in [-0.05, 0) is 16.7 Å². The number of Topliss-reactive ketones (excluding diaryl/α,β-unsaturated/α-hetero) is 1. The zero-order valence-corrected chi connectivity index (χ0v) is 29.2. The molecule has 0 aromatic heterocycles. The molecule has 0 spiro atoms. The van der Waals surface area contributed by atoms with Gasteiger partial charge in [-0.3, -0.25) is 4.79 Å². The molecule has 0 amide bonds. The number of carbonyl (C=O) groups excluding carboxylic acids is 1. The number of fused-ring (bicyclic) bond motifs is 1. The van der Waals surface area contributed by atoms with Crippen LogP contribution in [0.25, 0.3) is 5.76 Å². The fourth-order valence-corrected chi connectivity index (χ4v) is 7.77. The molecule has 0 bridgehead atoms. The highest BCUT2D eigenvalue weighted by molar-refractivity contribution is 8.05. The molecule has 0 radical (unpaired) electrons. The van der Waals surface area contributed by atoms with Crippen molar-refractivity contribution in [3.05, 3.63) is 184 Å². The Kier molecular flexibility index (Phi) is 11.4. The highest BCUT2D eigenvalue weighted by Crippen LogP contribution is 2.52. The molecule has 8 heteroatoms. The summed E-state index contributed by atoms with van der Waals surface area (Å²) in [5, 5.41) is -0.612. The van der Waals surface area contributed by atoms with Gasteiger partial charge in [0.25, 0.3) is 5.79 Å². The number of allylic oxidation sites excluding steroid dienone is 1. The minimum atomic E-state index is -1.43. The quantitative estimate of drug-likeness (QED) is 0.107. The molecule has 0 saturated carbocycles. The van der Waals surface area contributed by atoms with Crippen LogP contribution in [0.4, 0.5) is 0 Å². The third kappa shape index (κ3) is 8.18. The maximum atomic E-state index is 14.4. The van der Waals surface area contributed by atoms with E-state index in [4.69, 9.17) is 28.4 Å². The Morgan fingerprint density at radius 3 is 1.69 bits per heavy atom. The molecular weight excluding hydrogens is 661 g/mol. The number of methoxy groups -OCH3 is 1. The van der Waals surface area contributed by atoms with E-state index in [1.807, 2.05) is 152 Å². The van der Waals surface area contributed by atoms with Crippen molar-refractivity contribution in [1.82, 2.24) is 0 Å². The van der Waals surface area contributed by atoms with Gasteiger partial charge in [0.05, 0.1) is 24.7 Å². The summed E-state index contributed by atoms with van der Waals surface area (Å²) < 4.78 is 39.9. The third-order valence-electron chi connectivity index (χ3n) is 8.86. The number of thioether (sulfide) groups is 1. The van der Waals surface area contributed by atoms with E-state index in [2.05, 4.69) is 0 Å². The van der Waals surface area contributed by atoms with E-state index >= 15 is 0 Å². The largest absolute Gasteiger partial charge is 0.456 e. The van der Waals surface area contributed by atoms with Gasteiger partial charge in [-0.15, -0.1) is 11.8 Å². The van der Waals surface area contributed by atoms with Crippen molar-refractivity contribution in [1.29, 1.82) is 0 Å². The maximum absolute atomic E-state index is 14.4. The summed E-state index contributed by atoms with van der Waals surface area (Å²) in [6, 6.07) is 48.7. The average Bonchev–Trinajstić information content (AvgIpc) is 3.20. The Bertz CT molecular complexity index is 1870. The average molecular weight is 701 g/mol. The Hall–Kier alpha value is -4.54. The van der Waals surface area contributed by atoms with Crippen molar-refractivity contribution in [3.63, 3.8) is 0 Å².